The van der Waals surface area contributed by atoms with E-state index in [0.717, 1.165) is 12.1 Å². The van der Waals surface area contributed by atoms with Crippen molar-refractivity contribution in [2.45, 2.75) is 26.8 Å². The van der Waals surface area contributed by atoms with Crippen molar-refractivity contribution in [1.29, 1.82) is 0 Å². The third-order valence-corrected chi connectivity index (χ3v) is 3.99. The summed E-state index contributed by atoms with van der Waals surface area (Å²) in [6, 6.07) is 4.47. The van der Waals surface area contributed by atoms with Gasteiger partial charge in [-0.05, 0) is 30.0 Å². The molecule has 0 radical (unpaired) electrons. The molecule has 2 heterocycles. The highest BCUT2D eigenvalue weighted by atomic mass is 32.1. The first-order valence-electron chi connectivity index (χ1n) is 6.19. The molecule has 1 unspecified atom stereocenters. The molecule has 0 spiro atoms. The van der Waals surface area contributed by atoms with Gasteiger partial charge in [0.1, 0.15) is 0 Å². The molecule has 0 fully saturated rings. The van der Waals surface area contributed by atoms with Crippen LogP contribution >= 0.6 is 11.3 Å². The van der Waals surface area contributed by atoms with Crippen LogP contribution in [0.15, 0.2) is 23.7 Å². The van der Waals surface area contributed by atoms with E-state index in [9.17, 15) is 5.11 Å². The summed E-state index contributed by atoms with van der Waals surface area (Å²) in [5.41, 5.74) is 2.17. The van der Waals surface area contributed by atoms with Crippen LogP contribution in [-0.4, -0.2) is 23.2 Å². The fourth-order valence-electron chi connectivity index (χ4n) is 1.70. The minimum absolute atomic E-state index is 0.0886. The van der Waals surface area contributed by atoms with Crippen LogP contribution in [0.25, 0.3) is 10.2 Å². The number of aliphatic hydroxyl groups is 1. The second-order valence-electron chi connectivity index (χ2n) is 5.50. The molecule has 1 atom stereocenters. The Bertz CT molecular complexity index is 521. The van der Waals surface area contributed by atoms with Gasteiger partial charge in [0.05, 0.1) is 10.2 Å². The van der Waals surface area contributed by atoms with Crippen LogP contribution in [0, 0.1) is 5.41 Å². The summed E-state index contributed by atoms with van der Waals surface area (Å²) in [4.78, 5) is 4.45. The van der Waals surface area contributed by atoms with Crippen molar-refractivity contribution in [1.82, 2.24) is 10.3 Å². The van der Waals surface area contributed by atoms with Crippen molar-refractivity contribution in [3.05, 3.63) is 29.3 Å². The molecule has 18 heavy (non-hydrogen) atoms. The van der Waals surface area contributed by atoms with E-state index in [-0.39, 0.29) is 18.1 Å². The topological polar surface area (TPSA) is 45.1 Å². The molecule has 2 rings (SSSR count). The summed E-state index contributed by atoms with van der Waals surface area (Å²) in [5.74, 6) is 0. The molecule has 0 saturated carbocycles. The van der Waals surface area contributed by atoms with Crippen molar-refractivity contribution >= 4 is 21.6 Å². The normalized spacial score (nSPS) is 14.0. The first kappa shape index (κ1) is 13.5. The lowest BCUT2D eigenvalue weighted by molar-refractivity contribution is 0.154. The second-order valence-corrected chi connectivity index (χ2v) is 6.45. The third-order valence-electron chi connectivity index (χ3n) is 3.14. The number of nitrogens with one attached hydrogen (secondary N) is 1. The highest BCUT2D eigenvalue weighted by Gasteiger charge is 2.17. The monoisotopic (exact) mass is 264 g/mol. The second kappa shape index (κ2) is 5.34. The van der Waals surface area contributed by atoms with Crippen LogP contribution in [0.2, 0.25) is 0 Å². The summed E-state index contributed by atoms with van der Waals surface area (Å²) < 4.78 is 1.22. The van der Waals surface area contributed by atoms with Gasteiger partial charge in [0.25, 0.3) is 0 Å². The number of thiophene rings is 1. The number of fused-ring (bicyclic) bond motifs is 1. The van der Waals surface area contributed by atoms with Crippen LogP contribution in [0.1, 0.15) is 32.4 Å². The maximum atomic E-state index is 9.24. The van der Waals surface area contributed by atoms with Gasteiger partial charge in [0, 0.05) is 30.8 Å². The first-order chi connectivity index (χ1) is 8.52. The van der Waals surface area contributed by atoms with E-state index in [1.807, 2.05) is 26.1 Å². The molecule has 0 saturated heterocycles. The summed E-state index contributed by atoms with van der Waals surface area (Å²) in [6.45, 7) is 7.20. The van der Waals surface area contributed by atoms with E-state index in [1.165, 1.54) is 10.3 Å². The van der Waals surface area contributed by atoms with Crippen molar-refractivity contribution < 1.29 is 5.11 Å². The van der Waals surface area contributed by atoms with Gasteiger partial charge in [0.15, 0.2) is 0 Å². The molecular weight excluding hydrogens is 244 g/mol. The average molecular weight is 264 g/mol. The Balaban J connectivity index is 2.06. The number of aliphatic hydroxyl groups excluding tert-OH is 1. The molecule has 0 aliphatic heterocycles. The highest BCUT2D eigenvalue weighted by molar-refractivity contribution is 7.17. The average Bonchev–Trinajstić information content (AvgIpc) is 2.83. The lowest BCUT2D eigenvalue weighted by Crippen LogP contribution is -2.33. The van der Waals surface area contributed by atoms with Gasteiger partial charge < -0.3 is 10.4 Å². The zero-order valence-corrected chi connectivity index (χ0v) is 11.9. The number of pyridine rings is 1. The minimum Gasteiger partial charge on any atom is -0.396 e. The Labute approximate surface area is 112 Å². The molecule has 0 aliphatic rings. The predicted molar refractivity (Wildman–Crippen MR) is 76.9 cm³/mol. The smallest absolute Gasteiger partial charge is 0.0809 e. The molecule has 2 aromatic heterocycles. The Morgan fingerprint density at radius 2 is 2.28 bits per heavy atom. The standard InChI is InChI=1S/C14H20N2OS/c1-10(16-8-14(2,3)9-17)11-6-13-12(15-7-11)4-5-18-13/h4-7,10,16-17H,8-9H2,1-3H3. The molecule has 98 valence electrons. The van der Waals surface area contributed by atoms with Gasteiger partial charge in [-0.25, -0.2) is 0 Å². The summed E-state index contributed by atoms with van der Waals surface area (Å²) in [6.07, 6.45) is 1.93. The predicted octanol–water partition coefficient (Wildman–Crippen LogP) is 2.97. The zero-order valence-electron chi connectivity index (χ0n) is 11.1. The van der Waals surface area contributed by atoms with Gasteiger partial charge in [-0.2, -0.15) is 0 Å². The van der Waals surface area contributed by atoms with Gasteiger partial charge in [-0.3, -0.25) is 4.98 Å². The van der Waals surface area contributed by atoms with Gasteiger partial charge in [-0.1, -0.05) is 13.8 Å². The molecule has 3 nitrogen and oxygen atoms in total. The van der Waals surface area contributed by atoms with Gasteiger partial charge >= 0.3 is 0 Å². The number of hydrogen-bond acceptors (Lipinski definition) is 4. The van der Waals surface area contributed by atoms with E-state index in [4.69, 9.17) is 0 Å². The third kappa shape index (κ3) is 3.07. The van der Waals surface area contributed by atoms with Crippen LogP contribution in [0.5, 0.6) is 0 Å². The Kier molecular flexibility index (Phi) is 4.00. The van der Waals surface area contributed by atoms with Gasteiger partial charge in [-0.15, -0.1) is 11.3 Å². The fourth-order valence-corrected chi connectivity index (χ4v) is 2.49. The van der Waals surface area contributed by atoms with E-state index >= 15 is 0 Å². The summed E-state index contributed by atoms with van der Waals surface area (Å²) in [7, 11) is 0. The maximum absolute atomic E-state index is 9.24. The largest absolute Gasteiger partial charge is 0.396 e. The summed E-state index contributed by atoms with van der Waals surface area (Å²) >= 11 is 1.72. The Morgan fingerprint density at radius 1 is 1.50 bits per heavy atom. The van der Waals surface area contributed by atoms with Crippen LogP contribution in [0.3, 0.4) is 0 Å². The maximum Gasteiger partial charge on any atom is 0.0809 e. The zero-order chi connectivity index (χ0) is 13.2. The molecular formula is C14H20N2OS. The molecule has 4 heteroatoms. The van der Waals surface area contributed by atoms with Crippen molar-refractivity contribution in [2.75, 3.05) is 13.2 Å². The van der Waals surface area contributed by atoms with E-state index in [0.29, 0.717) is 0 Å². The number of aromatic nitrogens is 1. The molecule has 2 aromatic rings. The number of nitrogens with zero attached hydrogens (tertiary/aromatic N) is 1. The SMILES string of the molecule is CC(NCC(C)(C)CO)c1cnc2ccsc2c1. The van der Waals surface area contributed by atoms with Crippen molar-refractivity contribution in [3.8, 4) is 0 Å². The van der Waals surface area contributed by atoms with Crippen LogP contribution < -0.4 is 5.32 Å². The van der Waals surface area contributed by atoms with Gasteiger partial charge in [0.2, 0.25) is 0 Å². The first-order valence-corrected chi connectivity index (χ1v) is 7.07. The van der Waals surface area contributed by atoms with Crippen molar-refractivity contribution in [2.24, 2.45) is 5.41 Å². The molecule has 0 bridgehead atoms. The van der Waals surface area contributed by atoms with E-state index < -0.39 is 0 Å². The quantitative estimate of drug-likeness (QED) is 0.872. The fraction of sp³-hybridized carbons (Fsp3) is 0.500. The number of hydrogen-bond donors (Lipinski definition) is 2. The molecule has 0 aromatic carbocycles. The number of rotatable bonds is 5. The van der Waals surface area contributed by atoms with Crippen molar-refractivity contribution in [3.63, 3.8) is 0 Å². The summed E-state index contributed by atoms with van der Waals surface area (Å²) in [5, 5.41) is 14.8. The minimum atomic E-state index is -0.0886. The molecule has 2 N–H and O–H groups in total. The Hall–Kier alpha value is -0.970. The Morgan fingerprint density at radius 3 is 3.00 bits per heavy atom. The van der Waals surface area contributed by atoms with E-state index in [2.05, 4.69) is 28.7 Å². The highest BCUT2D eigenvalue weighted by Crippen LogP contribution is 2.23. The van der Waals surface area contributed by atoms with Crippen LogP contribution in [-0.2, 0) is 0 Å². The molecule has 0 amide bonds. The lowest BCUT2D eigenvalue weighted by Gasteiger charge is -2.25. The van der Waals surface area contributed by atoms with Crippen LogP contribution in [0.4, 0.5) is 0 Å². The van der Waals surface area contributed by atoms with E-state index in [1.54, 1.807) is 11.3 Å². The molecule has 0 aliphatic carbocycles. The lowest BCUT2D eigenvalue weighted by atomic mass is 9.94.